The molecule has 10 heteroatoms. The normalized spacial score (nSPS) is 10.9. The molecular formula is C26H20N6O3S. The second-order valence-corrected chi connectivity index (χ2v) is 8.89. The first kappa shape index (κ1) is 23.2. The summed E-state index contributed by atoms with van der Waals surface area (Å²) in [5, 5.41) is 23.8. The standard InChI is InChI=1S/C26H20N6O3S/c1-31-25(21-15-23(17-7-3-2-4-8-17)28-22-10-6-5-9-20(21)22)29-30-26(31)36-16-24(33)27-18-11-13-19(14-12-18)32(34)35/h2-15H,16H2,1H3,(H,27,33). The van der Waals surface area contributed by atoms with E-state index in [4.69, 9.17) is 4.98 Å². The van der Waals surface area contributed by atoms with E-state index in [1.54, 1.807) is 0 Å². The number of carbonyl (C=O) groups is 1. The number of anilines is 1. The molecule has 0 aliphatic rings. The van der Waals surface area contributed by atoms with Gasteiger partial charge in [-0.05, 0) is 24.3 Å². The van der Waals surface area contributed by atoms with Crippen LogP contribution in [-0.2, 0) is 11.8 Å². The first-order valence-electron chi connectivity index (χ1n) is 11.0. The van der Waals surface area contributed by atoms with Crippen LogP contribution < -0.4 is 5.32 Å². The van der Waals surface area contributed by atoms with Crippen LogP contribution in [0.1, 0.15) is 0 Å². The van der Waals surface area contributed by atoms with Crippen molar-refractivity contribution < 1.29 is 9.72 Å². The Morgan fingerprint density at radius 2 is 1.72 bits per heavy atom. The molecule has 5 aromatic rings. The largest absolute Gasteiger partial charge is 0.325 e. The van der Waals surface area contributed by atoms with Crippen LogP contribution in [0.3, 0.4) is 0 Å². The third-order valence-corrected chi connectivity index (χ3v) is 6.58. The number of hydrogen-bond donors (Lipinski definition) is 1. The van der Waals surface area contributed by atoms with Crippen LogP contribution in [0.4, 0.5) is 11.4 Å². The number of para-hydroxylation sites is 1. The maximum absolute atomic E-state index is 12.4. The summed E-state index contributed by atoms with van der Waals surface area (Å²) in [5.74, 6) is 0.526. The highest BCUT2D eigenvalue weighted by molar-refractivity contribution is 7.99. The number of pyridine rings is 1. The molecule has 2 aromatic heterocycles. The van der Waals surface area contributed by atoms with Crippen LogP contribution in [-0.4, -0.2) is 36.3 Å². The van der Waals surface area contributed by atoms with E-state index in [9.17, 15) is 14.9 Å². The van der Waals surface area contributed by atoms with Gasteiger partial charge in [0, 0.05) is 41.4 Å². The summed E-state index contributed by atoms with van der Waals surface area (Å²) in [4.78, 5) is 27.6. The van der Waals surface area contributed by atoms with Crippen LogP contribution in [0.15, 0.2) is 90.1 Å². The summed E-state index contributed by atoms with van der Waals surface area (Å²) >= 11 is 1.26. The molecule has 0 bridgehead atoms. The van der Waals surface area contributed by atoms with Gasteiger partial charge in [-0.2, -0.15) is 0 Å². The molecule has 0 radical (unpaired) electrons. The minimum absolute atomic E-state index is 0.0342. The minimum atomic E-state index is -0.484. The van der Waals surface area contributed by atoms with E-state index in [-0.39, 0.29) is 17.3 Å². The van der Waals surface area contributed by atoms with E-state index in [1.807, 2.05) is 72.3 Å². The van der Waals surface area contributed by atoms with Gasteiger partial charge in [0.25, 0.3) is 5.69 Å². The number of nitro benzene ring substituents is 1. The van der Waals surface area contributed by atoms with E-state index in [0.29, 0.717) is 16.7 Å². The topological polar surface area (TPSA) is 116 Å². The molecule has 3 aromatic carbocycles. The Morgan fingerprint density at radius 1 is 1.00 bits per heavy atom. The van der Waals surface area contributed by atoms with Crippen molar-refractivity contribution in [2.24, 2.45) is 7.05 Å². The van der Waals surface area contributed by atoms with E-state index in [0.717, 1.165) is 27.7 Å². The summed E-state index contributed by atoms with van der Waals surface area (Å²) in [6.45, 7) is 0. The van der Waals surface area contributed by atoms with Crippen LogP contribution in [0.25, 0.3) is 33.5 Å². The van der Waals surface area contributed by atoms with Crippen molar-refractivity contribution in [2.45, 2.75) is 5.16 Å². The fraction of sp³-hybridized carbons (Fsp3) is 0.0769. The van der Waals surface area contributed by atoms with Crippen molar-refractivity contribution >= 4 is 39.9 Å². The monoisotopic (exact) mass is 496 g/mol. The van der Waals surface area contributed by atoms with Gasteiger partial charge < -0.3 is 9.88 Å². The molecule has 0 atom stereocenters. The average Bonchev–Trinajstić information content (AvgIpc) is 3.27. The number of benzene rings is 3. The molecule has 0 aliphatic heterocycles. The van der Waals surface area contributed by atoms with Crippen molar-refractivity contribution in [3.63, 3.8) is 0 Å². The van der Waals surface area contributed by atoms with E-state index in [1.165, 1.54) is 36.0 Å². The smallest absolute Gasteiger partial charge is 0.269 e. The predicted octanol–water partition coefficient (Wildman–Crippen LogP) is 5.34. The van der Waals surface area contributed by atoms with E-state index in [2.05, 4.69) is 15.5 Å². The molecule has 0 fully saturated rings. The molecule has 5 rings (SSSR count). The van der Waals surface area contributed by atoms with Crippen molar-refractivity contribution in [3.8, 4) is 22.6 Å². The van der Waals surface area contributed by atoms with Crippen molar-refractivity contribution in [3.05, 3.63) is 95.0 Å². The first-order chi connectivity index (χ1) is 17.5. The maximum atomic E-state index is 12.4. The lowest BCUT2D eigenvalue weighted by atomic mass is 10.0. The third-order valence-electron chi connectivity index (χ3n) is 5.56. The zero-order valence-corrected chi connectivity index (χ0v) is 20.0. The van der Waals surface area contributed by atoms with E-state index < -0.39 is 4.92 Å². The number of fused-ring (bicyclic) bond motifs is 1. The molecule has 0 unspecified atom stereocenters. The van der Waals surface area contributed by atoms with Crippen molar-refractivity contribution in [1.82, 2.24) is 19.7 Å². The number of amides is 1. The number of non-ortho nitro benzene ring substituents is 1. The predicted molar refractivity (Wildman–Crippen MR) is 140 cm³/mol. The number of nitro groups is 1. The Kier molecular flexibility index (Phi) is 6.42. The Labute approximate surface area is 210 Å². The molecule has 0 saturated carbocycles. The molecule has 1 amide bonds. The Morgan fingerprint density at radius 3 is 2.47 bits per heavy atom. The molecule has 9 nitrogen and oxygen atoms in total. The van der Waals surface area contributed by atoms with Gasteiger partial charge in [0.05, 0.1) is 21.9 Å². The van der Waals surface area contributed by atoms with Gasteiger partial charge in [0.2, 0.25) is 5.91 Å². The quantitative estimate of drug-likeness (QED) is 0.184. The Bertz CT molecular complexity index is 1570. The van der Waals surface area contributed by atoms with Gasteiger partial charge in [-0.3, -0.25) is 14.9 Å². The fourth-order valence-electron chi connectivity index (χ4n) is 3.79. The van der Waals surface area contributed by atoms with Crippen molar-refractivity contribution in [1.29, 1.82) is 0 Å². The van der Waals surface area contributed by atoms with Gasteiger partial charge in [0.15, 0.2) is 11.0 Å². The summed E-state index contributed by atoms with van der Waals surface area (Å²) in [6.07, 6.45) is 0. The van der Waals surface area contributed by atoms with Gasteiger partial charge in [-0.25, -0.2) is 4.98 Å². The first-order valence-corrected chi connectivity index (χ1v) is 12.0. The summed E-state index contributed by atoms with van der Waals surface area (Å²) in [7, 11) is 1.86. The van der Waals surface area contributed by atoms with Crippen LogP contribution in [0.5, 0.6) is 0 Å². The third kappa shape index (κ3) is 4.80. The van der Waals surface area contributed by atoms with E-state index >= 15 is 0 Å². The highest BCUT2D eigenvalue weighted by atomic mass is 32.2. The zero-order chi connectivity index (χ0) is 25.1. The number of hydrogen-bond acceptors (Lipinski definition) is 7. The molecule has 178 valence electrons. The van der Waals surface area contributed by atoms with Crippen LogP contribution in [0, 0.1) is 10.1 Å². The Balaban J connectivity index is 1.37. The lowest BCUT2D eigenvalue weighted by Crippen LogP contribution is -2.14. The number of nitrogens with zero attached hydrogens (tertiary/aromatic N) is 5. The summed E-state index contributed by atoms with van der Waals surface area (Å²) in [6, 6.07) is 25.6. The van der Waals surface area contributed by atoms with Crippen LogP contribution >= 0.6 is 11.8 Å². The molecule has 2 heterocycles. The summed E-state index contributed by atoms with van der Waals surface area (Å²) in [5.41, 5.74) is 4.05. The van der Waals surface area contributed by atoms with Gasteiger partial charge in [-0.15, -0.1) is 10.2 Å². The Hall–Kier alpha value is -4.57. The molecule has 1 N–H and O–H groups in total. The number of carbonyl (C=O) groups excluding carboxylic acids is 1. The maximum Gasteiger partial charge on any atom is 0.269 e. The summed E-state index contributed by atoms with van der Waals surface area (Å²) < 4.78 is 1.86. The van der Waals surface area contributed by atoms with Gasteiger partial charge in [0.1, 0.15) is 0 Å². The number of aromatic nitrogens is 4. The molecule has 0 aliphatic carbocycles. The number of nitrogens with one attached hydrogen (secondary N) is 1. The average molecular weight is 497 g/mol. The number of thioether (sulfide) groups is 1. The second kappa shape index (κ2) is 9.96. The van der Waals surface area contributed by atoms with Crippen molar-refractivity contribution in [2.75, 3.05) is 11.1 Å². The SMILES string of the molecule is Cn1c(SCC(=O)Nc2ccc([N+](=O)[O-])cc2)nnc1-c1cc(-c2ccccc2)nc2ccccc12. The second-order valence-electron chi connectivity index (χ2n) is 7.94. The molecule has 0 saturated heterocycles. The fourth-order valence-corrected chi connectivity index (χ4v) is 4.50. The van der Waals surface area contributed by atoms with Gasteiger partial charge in [-0.1, -0.05) is 60.3 Å². The highest BCUT2D eigenvalue weighted by Crippen LogP contribution is 2.32. The minimum Gasteiger partial charge on any atom is -0.325 e. The van der Waals surface area contributed by atoms with Gasteiger partial charge >= 0.3 is 0 Å². The molecule has 0 spiro atoms. The molecular weight excluding hydrogens is 476 g/mol. The lowest BCUT2D eigenvalue weighted by molar-refractivity contribution is -0.384. The molecule has 36 heavy (non-hydrogen) atoms. The van der Waals surface area contributed by atoms with Crippen LogP contribution in [0.2, 0.25) is 0 Å². The zero-order valence-electron chi connectivity index (χ0n) is 19.2. The number of rotatable bonds is 7. The lowest BCUT2D eigenvalue weighted by Gasteiger charge is -2.10. The highest BCUT2D eigenvalue weighted by Gasteiger charge is 2.17.